The van der Waals surface area contributed by atoms with Gasteiger partial charge in [-0.2, -0.15) is 8.78 Å². The Labute approximate surface area is 285 Å². The summed E-state index contributed by atoms with van der Waals surface area (Å²) in [5.41, 5.74) is -3.59. The molecule has 3 heterocycles. The van der Waals surface area contributed by atoms with E-state index in [1.165, 1.54) is 17.0 Å². The molecule has 3 aromatic carbocycles. The van der Waals surface area contributed by atoms with Gasteiger partial charge in [0.05, 0.1) is 18.0 Å². The lowest BCUT2D eigenvalue weighted by atomic mass is 9.85. The second-order valence-corrected chi connectivity index (χ2v) is 16.1. The molecule has 1 aromatic heterocycles. The average molecular weight is 712 g/mol. The Hall–Kier alpha value is -4.00. The third kappa shape index (κ3) is 6.78. The second-order valence-electron chi connectivity index (χ2n) is 13.3. The fraction of sp³-hybridized carbons (Fsp3) is 0.343. The van der Waals surface area contributed by atoms with Crippen molar-refractivity contribution in [2.24, 2.45) is 5.41 Å². The lowest BCUT2D eigenvalue weighted by molar-refractivity contribution is -0.152. The van der Waals surface area contributed by atoms with Crippen molar-refractivity contribution in [1.29, 1.82) is 0 Å². The molecule has 3 atom stereocenters. The first-order chi connectivity index (χ1) is 23.1. The van der Waals surface area contributed by atoms with E-state index < -0.39 is 48.1 Å². The van der Waals surface area contributed by atoms with Crippen molar-refractivity contribution in [2.45, 2.75) is 51.2 Å². The molecule has 2 unspecified atom stereocenters. The Morgan fingerprint density at radius 2 is 1.69 bits per heavy atom. The SMILES string of the molecule is CC(C)(C)C(NC(=O)c1cc2cc(C(F)(F)P(=O)(O)O)ccc2s1)C(=O)N1Cc2ccccc2[C@H]1C(=O)N1CCOC(c2ccccc2)C1. The summed E-state index contributed by atoms with van der Waals surface area (Å²) < 4.78 is 46.6. The number of nitrogens with one attached hydrogen (secondary N) is 1. The Morgan fingerprint density at radius 1 is 1.00 bits per heavy atom. The number of rotatable bonds is 7. The van der Waals surface area contributed by atoms with Crippen LogP contribution in [0.15, 0.2) is 78.9 Å². The number of amides is 3. The van der Waals surface area contributed by atoms with Crippen molar-refractivity contribution < 1.29 is 42.3 Å². The topological polar surface area (TPSA) is 136 Å². The van der Waals surface area contributed by atoms with Crippen LogP contribution in [-0.2, 0) is 31.1 Å². The second kappa shape index (κ2) is 13.0. The highest BCUT2D eigenvalue weighted by molar-refractivity contribution is 7.52. The molecule has 0 spiro atoms. The molecule has 0 bridgehead atoms. The van der Waals surface area contributed by atoms with Crippen molar-refractivity contribution in [1.82, 2.24) is 15.1 Å². The molecule has 6 rings (SSSR count). The fourth-order valence-electron chi connectivity index (χ4n) is 6.28. The molecule has 2 aliphatic rings. The maximum atomic E-state index is 14.5. The van der Waals surface area contributed by atoms with E-state index in [0.29, 0.717) is 24.4 Å². The molecule has 0 aliphatic carbocycles. The van der Waals surface area contributed by atoms with E-state index in [4.69, 9.17) is 14.5 Å². The average Bonchev–Trinajstić information content (AvgIpc) is 3.68. The maximum absolute atomic E-state index is 14.5. The minimum atomic E-state index is -5.79. The highest BCUT2D eigenvalue weighted by Crippen LogP contribution is 2.59. The van der Waals surface area contributed by atoms with Crippen molar-refractivity contribution in [3.8, 4) is 0 Å². The van der Waals surface area contributed by atoms with Crippen LogP contribution in [0.2, 0.25) is 0 Å². The minimum Gasteiger partial charge on any atom is -0.370 e. The third-order valence-electron chi connectivity index (χ3n) is 8.91. The Kier molecular flexibility index (Phi) is 9.27. The van der Waals surface area contributed by atoms with Crippen LogP contribution in [0.3, 0.4) is 0 Å². The summed E-state index contributed by atoms with van der Waals surface area (Å²) in [7, 11) is -5.79. The van der Waals surface area contributed by atoms with E-state index in [2.05, 4.69) is 5.32 Å². The number of thiophene rings is 1. The molecular weight excluding hydrogens is 675 g/mol. The molecular formula is C35H36F2N3O7PS. The summed E-state index contributed by atoms with van der Waals surface area (Å²) in [6.07, 6.45) is -0.318. The van der Waals surface area contributed by atoms with Crippen LogP contribution in [0.25, 0.3) is 10.1 Å². The van der Waals surface area contributed by atoms with Crippen molar-refractivity contribution >= 4 is 46.7 Å². The van der Waals surface area contributed by atoms with Crippen LogP contribution in [0.4, 0.5) is 8.78 Å². The van der Waals surface area contributed by atoms with Crippen LogP contribution < -0.4 is 5.32 Å². The van der Waals surface area contributed by atoms with E-state index >= 15 is 0 Å². The van der Waals surface area contributed by atoms with Crippen LogP contribution in [-0.4, -0.2) is 63.0 Å². The number of ether oxygens (including phenoxy) is 1. The van der Waals surface area contributed by atoms with Crippen molar-refractivity contribution in [3.05, 3.63) is 106 Å². The van der Waals surface area contributed by atoms with Gasteiger partial charge in [0.15, 0.2) is 0 Å². The first-order valence-corrected chi connectivity index (χ1v) is 18.1. The lowest BCUT2D eigenvalue weighted by Gasteiger charge is -2.39. The number of benzene rings is 3. The molecule has 10 nitrogen and oxygen atoms in total. The van der Waals surface area contributed by atoms with Gasteiger partial charge in [-0.3, -0.25) is 18.9 Å². The van der Waals surface area contributed by atoms with E-state index in [9.17, 15) is 27.7 Å². The van der Waals surface area contributed by atoms with Gasteiger partial charge in [-0.25, -0.2) is 0 Å². The van der Waals surface area contributed by atoms with Crippen LogP contribution in [0.5, 0.6) is 0 Å². The number of alkyl halides is 2. The van der Waals surface area contributed by atoms with Crippen molar-refractivity contribution in [2.75, 3.05) is 19.7 Å². The molecule has 2 aliphatic heterocycles. The molecule has 3 N–H and O–H groups in total. The van der Waals surface area contributed by atoms with Crippen molar-refractivity contribution in [3.63, 3.8) is 0 Å². The van der Waals surface area contributed by atoms with Gasteiger partial charge in [-0.1, -0.05) is 81.4 Å². The van der Waals surface area contributed by atoms with Gasteiger partial charge in [0, 0.05) is 23.4 Å². The van der Waals surface area contributed by atoms with E-state index in [1.807, 2.05) is 54.6 Å². The monoisotopic (exact) mass is 711 g/mol. The summed E-state index contributed by atoms with van der Waals surface area (Å²) >= 11 is 0.993. The normalized spacial score (nSPS) is 19.1. The fourth-order valence-corrected chi connectivity index (χ4v) is 7.70. The van der Waals surface area contributed by atoms with Gasteiger partial charge >= 0.3 is 13.3 Å². The smallest absolute Gasteiger partial charge is 0.370 e. The zero-order chi connectivity index (χ0) is 35.3. The Morgan fingerprint density at radius 3 is 2.39 bits per heavy atom. The summed E-state index contributed by atoms with van der Waals surface area (Å²) in [6.45, 7) is 6.56. The number of hydrogen-bond donors (Lipinski definition) is 3. The first-order valence-electron chi connectivity index (χ1n) is 15.7. The number of hydrogen-bond acceptors (Lipinski definition) is 6. The zero-order valence-electron chi connectivity index (χ0n) is 27.0. The van der Waals surface area contributed by atoms with Gasteiger partial charge < -0.3 is 29.6 Å². The zero-order valence-corrected chi connectivity index (χ0v) is 28.7. The molecule has 14 heteroatoms. The molecule has 49 heavy (non-hydrogen) atoms. The van der Waals surface area contributed by atoms with Gasteiger partial charge in [0.1, 0.15) is 18.2 Å². The maximum Gasteiger partial charge on any atom is 0.399 e. The quantitative estimate of drug-likeness (QED) is 0.202. The van der Waals surface area contributed by atoms with Crippen LogP contribution >= 0.6 is 18.9 Å². The predicted octanol–water partition coefficient (Wildman–Crippen LogP) is 5.96. The largest absolute Gasteiger partial charge is 0.399 e. The van der Waals surface area contributed by atoms with Crippen LogP contribution in [0.1, 0.15) is 64.8 Å². The van der Waals surface area contributed by atoms with E-state index in [1.54, 1.807) is 25.7 Å². The highest BCUT2D eigenvalue weighted by atomic mass is 32.1. The van der Waals surface area contributed by atoms with Gasteiger partial charge in [0.25, 0.3) is 5.91 Å². The molecule has 1 fully saturated rings. The predicted molar refractivity (Wildman–Crippen MR) is 180 cm³/mol. The number of carbonyl (C=O) groups excluding carboxylic acids is 3. The van der Waals surface area contributed by atoms with Gasteiger partial charge in [0.2, 0.25) is 11.8 Å². The van der Waals surface area contributed by atoms with E-state index in [-0.39, 0.29) is 28.8 Å². The Bertz CT molecular complexity index is 1960. The molecule has 258 valence electrons. The molecule has 4 aromatic rings. The van der Waals surface area contributed by atoms with Gasteiger partial charge in [-0.15, -0.1) is 11.3 Å². The Balaban J connectivity index is 1.26. The number of nitrogens with zero attached hydrogens (tertiary/aromatic N) is 2. The molecule has 1 saturated heterocycles. The standard InChI is InChI=1S/C35H36F2N3O7PS/c1-34(2,3)30(38-31(41)28-18-23-17-24(13-14-27(23)49-28)35(36,37)48(44,45)46)33(43)40-19-22-11-7-8-12-25(22)29(40)32(42)39-15-16-47-26(20-39)21-9-5-4-6-10-21/h4-14,17-18,26,29-30H,15-16,19-20H2,1-3H3,(H,38,41)(H2,44,45,46)/t26?,29-,30?/m0/s1. The molecule has 0 saturated carbocycles. The highest BCUT2D eigenvalue weighted by Gasteiger charge is 2.50. The van der Waals surface area contributed by atoms with Crippen LogP contribution in [0, 0.1) is 5.41 Å². The first kappa shape index (κ1) is 34.8. The minimum absolute atomic E-state index is 0.117. The summed E-state index contributed by atoms with van der Waals surface area (Å²) in [4.78, 5) is 64.1. The number of morpholine rings is 1. The number of fused-ring (bicyclic) bond motifs is 2. The molecule has 0 radical (unpaired) electrons. The number of halogens is 2. The van der Waals surface area contributed by atoms with E-state index in [0.717, 1.165) is 40.2 Å². The summed E-state index contributed by atoms with van der Waals surface area (Å²) in [5.74, 6) is -1.32. The number of carbonyl (C=O) groups is 3. The third-order valence-corrected chi connectivity index (χ3v) is 11.0. The molecule has 3 amide bonds. The summed E-state index contributed by atoms with van der Waals surface area (Å²) in [6, 6.07) is 19.5. The lowest BCUT2D eigenvalue weighted by Crippen LogP contribution is -2.56. The summed E-state index contributed by atoms with van der Waals surface area (Å²) in [5, 5.41) is 3.03. The van der Waals surface area contributed by atoms with Gasteiger partial charge in [-0.05, 0) is 45.7 Å².